The van der Waals surface area contributed by atoms with Gasteiger partial charge in [-0.15, -0.1) is 0 Å². The topological polar surface area (TPSA) is 76.7 Å². The zero-order valence-electron chi connectivity index (χ0n) is 19.1. The summed E-state index contributed by atoms with van der Waals surface area (Å²) in [5.74, 6) is 1.16. The van der Waals surface area contributed by atoms with Crippen LogP contribution in [0.2, 0.25) is 0 Å². The molecular formula is C27H25N5O2S. The van der Waals surface area contributed by atoms with Gasteiger partial charge in [-0.1, -0.05) is 36.0 Å². The quantitative estimate of drug-likeness (QED) is 0.412. The van der Waals surface area contributed by atoms with Crippen molar-refractivity contribution in [2.45, 2.75) is 10.4 Å². The van der Waals surface area contributed by atoms with Gasteiger partial charge in [-0.3, -0.25) is 0 Å². The van der Waals surface area contributed by atoms with Crippen molar-refractivity contribution < 1.29 is 9.47 Å². The average Bonchev–Trinajstić information content (AvgIpc) is 3.26. The molecule has 176 valence electrons. The summed E-state index contributed by atoms with van der Waals surface area (Å²) in [5, 5.41) is 0. The number of morpholine rings is 1. The molecule has 0 bridgehead atoms. The SMILES string of the molecule is NC1Sc2ccccc2N1c1ccc(Oc2nccnc2-c2ccc(N3CCOCC3)cc2)cc1. The van der Waals surface area contributed by atoms with Gasteiger partial charge >= 0.3 is 0 Å². The summed E-state index contributed by atoms with van der Waals surface area (Å²) in [5.41, 5.74) is 11.2. The van der Waals surface area contributed by atoms with E-state index in [1.807, 2.05) is 36.4 Å². The van der Waals surface area contributed by atoms with Crippen LogP contribution in [-0.2, 0) is 4.74 Å². The molecule has 2 N–H and O–H groups in total. The fourth-order valence-corrected chi connectivity index (χ4v) is 5.44. The van der Waals surface area contributed by atoms with Crippen LogP contribution in [0, 0.1) is 0 Å². The maximum atomic E-state index is 6.40. The van der Waals surface area contributed by atoms with Crippen molar-refractivity contribution in [1.29, 1.82) is 0 Å². The Balaban J connectivity index is 1.21. The van der Waals surface area contributed by atoms with Gasteiger partial charge in [0.15, 0.2) is 0 Å². The normalized spacial score (nSPS) is 17.3. The Bertz CT molecular complexity index is 1310. The summed E-state index contributed by atoms with van der Waals surface area (Å²) in [6.45, 7) is 3.33. The van der Waals surface area contributed by atoms with E-state index in [0.717, 1.165) is 43.2 Å². The van der Waals surface area contributed by atoms with Crippen LogP contribution in [0.25, 0.3) is 11.3 Å². The Morgan fingerprint density at radius 3 is 2.37 bits per heavy atom. The van der Waals surface area contributed by atoms with Gasteiger partial charge < -0.3 is 25.0 Å². The van der Waals surface area contributed by atoms with Crippen LogP contribution in [0.5, 0.6) is 11.6 Å². The fraction of sp³-hybridized carbons (Fsp3) is 0.185. The van der Waals surface area contributed by atoms with Crippen molar-refractivity contribution in [2.24, 2.45) is 5.73 Å². The molecule has 35 heavy (non-hydrogen) atoms. The summed E-state index contributed by atoms with van der Waals surface area (Å²) in [6, 6.07) is 24.5. The van der Waals surface area contributed by atoms with Crippen molar-refractivity contribution in [2.75, 3.05) is 36.1 Å². The largest absolute Gasteiger partial charge is 0.437 e. The van der Waals surface area contributed by atoms with Gasteiger partial charge in [-0.05, 0) is 48.5 Å². The Hall–Kier alpha value is -3.59. The highest BCUT2D eigenvalue weighted by Gasteiger charge is 2.28. The molecule has 1 unspecified atom stereocenters. The maximum absolute atomic E-state index is 6.40. The number of hydrogen-bond donors (Lipinski definition) is 1. The van der Waals surface area contributed by atoms with Crippen LogP contribution in [0.1, 0.15) is 0 Å². The summed E-state index contributed by atoms with van der Waals surface area (Å²) in [4.78, 5) is 14.7. The zero-order chi connectivity index (χ0) is 23.6. The first kappa shape index (κ1) is 21.9. The highest BCUT2D eigenvalue weighted by molar-refractivity contribution is 8.00. The number of para-hydroxylation sites is 1. The van der Waals surface area contributed by atoms with E-state index in [4.69, 9.17) is 15.2 Å². The van der Waals surface area contributed by atoms with Gasteiger partial charge in [0.25, 0.3) is 0 Å². The molecule has 0 amide bonds. The average molecular weight is 484 g/mol. The number of thioether (sulfide) groups is 1. The number of nitrogens with two attached hydrogens (primary N) is 1. The van der Waals surface area contributed by atoms with Crippen LogP contribution in [0.4, 0.5) is 17.1 Å². The van der Waals surface area contributed by atoms with Gasteiger partial charge in [0, 0.05) is 47.3 Å². The predicted molar refractivity (Wildman–Crippen MR) is 139 cm³/mol. The number of benzene rings is 3. The smallest absolute Gasteiger partial charge is 0.246 e. The second-order valence-electron chi connectivity index (χ2n) is 8.30. The van der Waals surface area contributed by atoms with Gasteiger partial charge in [0.2, 0.25) is 5.88 Å². The lowest BCUT2D eigenvalue weighted by molar-refractivity contribution is 0.122. The van der Waals surface area contributed by atoms with E-state index in [1.165, 1.54) is 10.6 Å². The molecule has 1 fully saturated rings. The van der Waals surface area contributed by atoms with E-state index < -0.39 is 0 Å². The van der Waals surface area contributed by atoms with Crippen molar-refractivity contribution in [3.63, 3.8) is 0 Å². The molecule has 6 rings (SSSR count). The third-order valence-electron chi connectivity index (χ3n) is 6.14. The molecule has 2 aliphatic heterocycles. The minimum absolute atomic E-state index is 0.161. The molecule has 2 aliphatic rings. The first-order chi connectivity index (χ1) is 17.3. The standard InChI is InChI=1S/C27H25N5O2S/c28-27-32(23-3-1-2-4-24(23)35-27)21-9-11-22(12-10-21)34-26-25(29-13-14-30-26)19-5-7-20(8-6-19)31-15-17-33-18-16-31/h1-14,27H,15-18,28H2. The first-order valence-corrected chi connectivity index (χ1v) is 12.5. The van der Waals surface area contributed by atoms with E-state index in [9.17, 15) is 0 Å². The van der Waals surface area contributed by atoms with E-state index >= 15 is 0 Å². The molecule has 1 atom stereocenters. The van der Waals surface area contributed by atoms with Gasteiger partial charge in [-0.25, -0.2) is 9.97 Å². The molecule has 0 aliphatic carbocycles. The lowest BCUT2D eigenvalue weighted by atomic mass is 10.1. The number of ether oxygens (including phenoxy) is 2. The van der Waals surface area contributed by atoms with Crippen molar-refractivity contribution in [1.82, 2.24) is 9.97 Å². The number of anilines is 3. The molecule has 8 heteroatoms. The molecular weight excluding hydrogens is 458 g/mol. The van der Waals surface area contributed by atoms with Crippen molar-refractivity contribution in [3.05, 3.63) is 85.2 Å². The number of nitrogens with zero attached hydrogens (tertiary/aromatic N) is 4. The molecule has 0 radical (unpaired) electrons. The highest BCUT2D eigenvalue weighted by atomic mass is 32.2. The summed E-state index contributed by atoms with van der Waals surface area (Å²) >= 11 is 1.66. The number of fused-ring (bicyclic) bond motifs is 1. The summed E-state index contributed by atoms with van der Waals surface area (Å²) in [7, 11) is 0. The van der Waals surface area contributed by atoms with Crippen LogP contribution in [0.3, 0.4) is 0 Å². The zero-order valence-corrected chi connectivity index (χ0v) is 19.9. The second kappa shape index (κ2) is 9.58. The Labute approximate surface area is 208 Å². The molecule has 1 saturated heterocycles. The summed E-state index contributed by atoms with van der Waals surface area (Å²) in [6.07, 6.45) is 3.33. The predicted octanol–water partition coefficient (Wildman–Crippen LogP) is 5.26. The molecule has 4 aromatic rings. The van der Waals surface area contributed by atoms with E-state index in [2.05, 4.69) is 56.2 Å². The molecule has 3 aromatic carbocycles. The van der Waals surface area contributed by atoms with E-state index in [1.54, 1.807) is 24.2 Å². The minimum Gasteiger partial charge on any atom is -0.437 e. The number of aromatic nitrogens is 2. The fourth-order valence-electron chi connectivity index (χ4n) is 4.40. The third kappa shape index (κ3) is 4.43. The van der Waals surface area contributed by atoms with Crippen LogP contribution >= 0.6 is 11.8 Å². The van der Waals surface area contributed by atoms with Crippen LogP contribution in [-0.4, -0.2) is 41.8 Å². The van der Waals surface area contributed by atoms with Crippen molar-refractivity contribution >= 4 is 28.8 Å². The van der Waals surface area contributed by atoms with Crippen LogP contribution in [0.15, 0.2) is 90.1 Å². The third-order valence-corrected chi connectivity index (χ3v) is 7.19. The number of rotatable bonds is 5. The summed E-state index contributed by atoms with van der Waals surface area (Å²) < 4.78 is 11.6. The van der Waals surface area contributed by atoms with E-state index in [0.29, 0.717) is 17.3 Å². The Kier molecular flexibility index (Phi) is 5.99. The Morgan fingerprint density at radius 1 is 0.857 bits per heavy atom. The molecule has 1 aromatic heterocycles. The first-order valence-electron chi connectivity index (χ1n) is 11.6. The maximum Gasteiger partial charge on any atom is 0.246 e. The van der Waals surface area contributed by atoms with Gasteiger partial charge in [-0.2, -0.15) is 0 Å². The minimum atomic E-state index is -0.161. The lowest BCUT2D eigenvalue weighted by Gasteiger charge is -2.28. The molecule has 0 saturated carbocycles. The second-order valence-corrected chi connectivity index (χ2v) is 9.46. The molecule has 7 nitrogen and oxygen atoms in total. The van der Waals surface area contributed by atoms with Gasteiger partial charge in [0.1, 0.15) is 16.9 Å². The monoisotopic (exact) mass is 483 g/mol. The van der Waals surface area contributed by atoms with Gasteiger partial charge in [0.05, 0.1) is 18.9 Å². The van der Waals surface area contributed by atoms with E-state index in [-0.39, 0.29) is 5.50 Å². The highest BCUT2D eigenvalue weighted by Crippen LogP contribution is 2.45. The Morgan fingerprint density at radius 2 is 1.57 bits per heavy atom. The molecule has 0 spiro atoms. The van der Waals surface area contributed by atoms with Crippen molar-refractivity contribution in [3.8, 4) is 22.9 Å². The van der Waals surface area contributed by atoms with Crippen LogP contribution < -0.4 is 20.3 Å². The number of hydrogen-bond acceptors (Lipinski definition) is 8. The lowest BCUT2D eigenvalue weighted by Crippen LogP contribution is -2.36. The molecule has 3 heterocycles.